The van der Waals surface area contributed by atoms with Gasteiger partial charge in [-0.25, -0.2) is 4.98 Å². The molecule has 0 saturated carbocycles. The number of ether oxygens (including phenoxy) is 2. The quantitative estimate of drug-likeness (QED) is 0.535. The molecule has 6 nitrogen and oxygen atoms in total. The van der Waals surface area contributed by atoms with E-state index in [-0.39, 0.29) is 18.0 Å². The molecule has 15 heavy (non-hydrogen) atoms. The van der Waals surface area contributed by atoms with Gasteiger partial charge in [0.05, 0.1) is 13.2 Å². The topological polar surface area (TPSA) is 94.1 Å². The van der Waals surface area contributed by atoms with Crippen LogP contribution in [0.2, 0.25) is 0 Å². The molecule has 1 atom stereocenters. The Morgan fingerprint density at radius 2 is 2.53 bits per heavy atom. The summed E-state index contributed by atoms with van der Waals surface area (Å²) in [6.07, 6.45) is 2.37. The van der Waals surface area contributed by atoms with Gasteiger partial charge >= 0.3 is 6.01 Å². The zero-order chi connectivity index (χ0) is 10.7. The first kappa shape index (κ1) is 9.85. The second-order valence-electron chi connectivity index (χ2n) is 3.24. The lowest BCUT2D eigenvalue weighted by Crippen LogP contribution is -2.19. The molecule has 6 heteroatoms. The molecule has 0 aliphatic carbocycles. The average Bonchev–Trinajstić information content (AvgIpc) is 2.71. The molecule has 2 heterocycles. The molecule has 0 aromatic carbocycles. The van der Waals surface area contributed by atoms with Crippen LogP contribution in [0.3, 0.4) is 0 Å². The fourth-order valence-electron chi connectivity index (χ4n) is 1.30. The molecule has 3 N–H and O–H groups in total. The number of hydrogen-bond acceptors (Lipinski definition) is 5. The minimum absolute atomic E-state index is 0.00667. The van der Waals surface area contributed by atoms with E-state index >= 15 is 0 Å². The van der Waals surface area contributed by atoms with Crippen molar-refractivity contribution < 1.29 is 9.47 Å². The SMILES string of the molecule is N=C(N)c1ccnc(OC2CCOC2)n1. The van der Waals surface area contributed by atoms with Crippen molar-refractivity contribution in [2.24, 2.45) is 5.73 Å². The number of hydrogen-bond donors (Lipinski definition) is 2. The van der Waals surface area contributed by atoms with Gasteiger partial charge in [-0.05, 0) is 6.07 Å². The standard InChI is InChI=1S/C9H12N4O2/c10-8(11)7-1-3-12-9(13-7)15-6-2-4-14-5-6/h1,3,6H,2,4-5H2,(H3,10,11). The van der Waals surface area contributed by atoms with Crippen LogP contribution in [-0.4, -0.2) is 35.1 Å². The molecule has 1 aliphatic heterocycles. The van der Waals surface area contributed by atoms with Crippen LogP contribution in [0, 0.1) is 5.41 Å². The molecular weight excluding hydrogens is 196 g/mol. The summed E-state index contributed by atoms with van der Waals surface area (Å²) in [7, 11) is 0. The predicted molar refractivity (Wildman–Crippen MR) is 52.9 cm³/mol. The molecule has 80 valence electrons. The number of nitrogens with two attached hydrogens (primary N) is 1. The normalized spacial score (nSPS) is 20.1. The van der Waals surface area contributed by atoms with Crippen molar-refractivity contribution in [1.29, 1.82) is 5.41 Å². The van der Waals surface area contributed by atoms with E-state index in [0.29, 0.717) is 18.9 Å². The molecule has 0 amide bonds. The van der Waals surface area contributed by atoms with Gasteiger partial charge in [0.2, 0.25) is 0 Å². The van der Waals surface area contributed by atoms with Gasteiger partial charge in [-0.1, -0.05) is 0 Å². The van der Waals surface area contributed by atoms with Crippen molar-refractivity contribution in [2.45, 2.75) is 12.5 Å². The molecule has 0 radical (unpaired) electrons. The number of nitrogens with one attached hydrogen (secondary N) is 1. The predicted octanol–water partition coefficient (Wildman–Crippen LogP) is -0.0716. The maximum absolute atomic E-state index is 7.22. The third-order valence-corrected chi connectivity index (χ3v) is 2.07. The fourth-order valence-corrected chi connectivity index (χ4v) is 1.30. The zero-order valence-electron chi connectivity index (χ0n) is 8.14. The Bertz CT molecular complexity index is 363. The summed E-state index contributed by atoms with van der Waals surface area (Å²) in [6.45, 7) is 1.27. The van der Waals surface area contributed by atoms with Crippen LogP contribution in [0.5, 0.6) is 6.01 Å². The van der Waals surface area contributed by atoms with E-state index in [9.17, 15) is 0 Å². The van der Waals surface area contributed by atoms with Gasteiger partial charge in [0.15, 0.2) is 0 Å². The highest BCUT2D eigenvalue weighted by Gasteiger charge is 2.18. The smallest absolute Gasteiger partial charge is 0.317 e. The van der Waals surface area contributed by atoms with Crippen molar-refractivity contribution in [3.63, 3.8) is 0 Å². The van der Waals surface area contributed by atoms with Crippen molar-refractivity contribution in [3.8, 4) is 6.01 Å². The molecule has 1 aromatic rings. The third-order valence-electron chi connectivity index (χ3n) is 2.07. The molecular formula is C9H12N4O2. The fraction of sp³-hybridized carbons (Fsp3) is 0.444. The summed E-state index contributed by atoms with van der Waals surface area (Å²) in [5.74, 6) is -0.0927. The molecule has 1 fully saturated rings. The molecule has 0 spiro atoms. The van der Waals surface area contributed by atoms with Gasteiger partial charge in [0.25, 0.3) is 0 Å². The van der Waals surface area contributed by atoms with E-state index in [4.69, 9.17) is 20.6 Å². The van der Waals surface area contributed by atoms with Gasteiger partial charge in [0, 0.05) is 12.6 Å². The highest BCUT2D eigenvalue weighted by Crippen LogP contribution is 2.11. The number of amidine groups is 1. The lowest BCUT2D eigenvalue weighted by Gasteiger charge is -2.09. The van der Waals surface area contributed by atoms with Gasteiger partial charge in [-0.2, -0.15) is 4.98 Å². The summed E-state index contributed by atoms with van der Waals surface area (Å²) in [6, 6.07) is 1.82. The summed E-state index contributed by atoms with van der Waals surface area (Å²) < 4.78 is 10.6. The highest BCUT2D eigenvalue weighted by atomic mass is 16.6. The van der Waals surface area contributed by atoms with Crippen LogP contribution in [0.4, 0.5) is 0 Å². The Balaban J connectivity index is 2.07. The highest BCUT2D eigenvalue weighted by molar-refractivity contribution is 5.92. The van der Waals surface area contributed by atoms with E-state index in [0.717, 1.165) is 6.42 Å². The van der Waals surface area contributed by atoms with E-state index in [1.54, 1.807) is 6.07 Å². The summed E-state index contributed by atoms with van der Waals surface area (Å²) in [5, 5.41) is 7.22. The maximum Gasteiger partial charge on any atom is 0.317 e. The van der Waals surface area contributed by atoms with Crippen LogP contribution >= 0.6 is 0 Å². The van der Waals surface area contributed by atoms with Gasteiger partial charge in [0.1, 0.15) is 17.6 Å². The van der Waals surface area contributed by atoms with Crippen LogP contribution < -0.4 is 10.5 Å². The molecule has 1 saturated heterocycles. The van der Waals surface area contributed by atoms with Gasteiger partial charge < -0.3 is 15.2 Å². The lowest BCUT2D eigenvalue weighted by atomic mass is 10.3. The lowest BCUT2D eigenvalue weighted by molar-refractivity contribution is 0.134. The summed E-state index contributed by atoms with van der Waals surface area (Å²) >= 11 is 0. The summed E-state index contributed by atoms with van der Waals surface area (Å²) in [4.78, 5) is 7.94. The first-order chi connectivity index (χ1) is 7.25. The molecule has 0 bridgehead atoms. The van der Waals surface area contributed by atoms with E-state index in [2.05, 4.69) is 9.97 Å². The van der Waals surface area contributed by atoms with Crippen LogP contribution in [0.25, 0.3) is 0 Å². The van der Waals surface area contributed by atoms with E-state index in [1.165, 1.54) is 6.20 Å². The first-order valence-corrected chi connectivity index (χ1v) is 4.67. The van der Waals surface area contributed by atoms with Gasteiger partial charge in [-0.15, -0.1) is 0 Å². The van der Waals surface area contributed by atoms with Crippen LogP contribution in [0.15, 0.2) is 12.3 Å². The summed E-state index contributed by atoms with van der Waals surface area (Å²) in [5.41, 5.74) is 5.68. The van der Waals surface area contributed by atoms with Crippen molar-refractivity contribution in [1.82, 2.24) is 9.97 Å². The largest absolute Gasteiger partial charge is 0.458 e. The molecule has 1 aromatic heterocycles. The zero-order valence-corrected chi connectivity index (χ0v) is 8.14. The number of rotatable bonds is 3. The Labute approximate surface area is 86.9 Å². The van der Waals surface area contributed by atoms with Crippen molar-refractivity contribution in [3.05, 3.63) is 18.0 Å². The van der Waals surface area contributed by atoms with Crippen LogP contribution in [-0.2, 0) is 4.74 Å². The second kappa shape index (κ2) is 4.22. The van der Waals surface area contributed by atoms with Crippen molar-refractivity contribution >= 4 is 5.84 Å². The maximum atomic E-state index is 7.22. The Hall–Kier alpha value is -1.69. The molecule has 1 unspecified atom stereocenters. The minimum atomic E-state index is -0.0927. The Morgan fingerprint density at radius 3 is 3.20 bits per heavy atom. The number of aromatic nitrogens is 2. The molecule has 2 rings (SSSR count). The van der Waals surface area contributed by atoms with Crippen molar-refractivity contribution in [2.75, 3.05) is 13.2 Å². The minimum Gasteiger partial charge on any atom is -0.458 e. The molecule has 1 aliphatic rings. The number of nitrogens with zero attached hydrogens (tertiary/aromatic N) is 2. The second-order valence-corrected chi connectivity index (χ2v) is 3.24. The third kappa shape index (κ3) is 2.41. The Morgan fingerprint density at radius 1 is 1.67 bits per heavy atom. The first-order valence-electron chi connectivity index (χ1n) is 4.67. The monoisotopic (exact) mass is 208 g/mol. The Kier molecular flexibility index (Phi) is 2.77. The van der Waals surface area contributed by atoms with Gasteiger partial charge in [-0.3, -0.25) is 5.41 Å². The van der Waals surface area contributed by atoms with E-state index < -0.39 is 0 Å². The van der Waals surface area contributed by atoms with Crippen LogP contribution in [0.1, 0.15) is 12.1 Å². The van der Waals surface area contributed by atoms with E-state index in [1.807, 2.05) is 0 Å². The average molecular weight is 208 g/mol. The number of nitrogen functional groups attached to an aromatic ring is 1.